The first-order valence-corrected chi connectivity index (χ1v) is 6.73. The number of rotatable bonds is 3. The monoisotopic (exact) mass is 287 g/mol. The van der Waals surface area contributed by atoms with Gasteiger partial charge in [-0.2, -0.15) is 0 Å². The van der Waals surface area contributed by atoms with Gasteiger partial charge in [-0.05, 0) is 43.2 Å². The first kappa shape index (κ1) is 13.8. The van der Waals surface area contributed by atoms with Crippen LogP contribution in [0.25, 0.3) is 11.0 Å². The smallest absolute Gasteiger partial charge is 0.162 e. The summed E-state index contributed by atoms with van der Waals surface area (Å²) in [5.41, 5.74) is 8.18. The predicted octanol–water partition coefficient (Wildman–Crippen LogP) is 4.26. The van der Waals surface area contributed by atoms with Gasteiger partial charge in [0.2, 0.25) is 0 Å². The number of hydrogen-bond acceptors (Lipinski definition) is 2. The lowest BCUT2D eigenvalue weighted by molar-refractivity contribution is 0.470. The third kappa shape index (κ3) is 2.67. The van der Waals surface area contributed by atoms with Gasteiger partial charge in [-0.3, -0.25) is 0 Å². The summed E-state index contributed by atoms with van der Waals surface area (Å²) < 4.78 is 32.6. The fraction of sp³-hybridized carbons (Fsp3) is 0.176. The van der Waals surface area contributed by atoms with E-state index in [9.17, 15) is 8.78 Å². The zero-order valence-electron chi connectivity index (χ0n) is 11.6. The summed E-state index contributed by atoms with van der Waals surface area (Å²) in [7, 11) is 0. The number of hydrogen-bond donors (Lipinski definition) is 1. The number of furan rings is 1. The molecule has 3 rings (SSSR count). The average molecular weight is 287 g/mol. The molecule has 0 bridgehead atoms. The van der Waals surface area contributed by atoms with E-state index in [0.29, 0.717) is 5.76 Å². The van der Waals surface area contributed by atoms with Crippen LogP contribution in [-0.4, -0.2) is 0 Å². The highest BCUT2D eigenvalue weighted by atomic mass is 19.2. The predicted molar refractivity (Wildman–Crippen MR) is 77.9 cm³/mol. The second-order valence-electron chi connectivity index (χ2n) is 5.21. The summed E-state index contributed by atoms with van der Waals surface area (Å²) in [5.74, 6) is -1.14. The molecule has 2 N–H and O–H groups in total. The van der Waals surface area contributed by atoms with E-state index in [-0.39, 0.29) is 12.0 Å². The lowest BCUT2D eigenvalue weighted by atomic mass is 10.0. The molecule has 108 valence electrons. The van der Waals surface area contributed by atoms with Gasteiger partial charge in [-0.15, -0.1) is 0 Å². The van der Waals surface area contributed by atoms with E-state index in [0.717, 1.165) is 22.6 Å². The molecule has 0 saturated carbocycles. The summed E-state index contributed by atoms with van der Waals surface area (Å²) in [6, 6.07) is 11.3. The lowest BCUT2D eigenvalue weighted by Crippen LogP contribution is -2.13. The zero-order valence-corrected chi connectivity index (χ0v) is 11.6. The van der Waals surface area contributed by atoms with Gasteiger partial charge >= 0.3 is 0 Å². The molecule has 1 aromatic heterocycles. The van der Waals surface area contributed by atoms with Gasteiger partial charge in [0.25, 0.3) is 0 Å². The van der Waals surface area contributed by atoms with Gasteiger partial charge in [-0.1, -0.05) is 23.8 Å². The minimum absolute atomic E-state index is 0.183. The molecule has 0 radical (unpaired) electrons. The van der Waals surface area contributed by atoms with Gasteiger partial charge in [0.1, 0.15) is 11.3 Å². The summed E-state index contributed by atoms with van der Waals surface area (Å²) in [5, 5.41) is 0.958. The van der Waals surface area contributed by atoms with Crippen molar-refractivity contribution in [2.24, 2.45) is 5.73 Å². The van der Waals surface area contributed by atoms with Crippen LogP contribution in [0.4, 0.5) is 8.78 Å². The van der Waals surface area contributed by atoms with E-state index in [1.165, 1.54) is 12.1 Å². The Balaban J connectivity index is 1.89. The highest BCUT2D eigenvalue weighted by Crippen LogP contribution is 2.26. The largest absolute Gasteiger partial charge is 0.459 e. The molecule has 1 unspecified atom stereocenters. The molecule has 3 aromatic rings. The van der Waals surface area contributed by atoms with Crippen LogP contribution in [0, 0.1) is 18.6 Å². The van der Waals surface area contributed by atoms with Crippen molar-refractivity contribution in [3.8, 4) is 0 Å². The number of nitrogens with two attached hydrogens (primary N) is 1. The van der Waals surface area contributed by atoms with Crippen LogP contribution in [0.1, 0.15) is 22.9 Å². The summed E-state index contributed by atoms with van der Waals surface area (Å²) in [6.07, 6.45) is 0.183. The van der Waals surface area contributed by atoms with Crippen molar-refractivity contribution in [1.29, 1.82) is 0 Å². The Morgan fingerprint density at radius 3 is 2.76 bits per heavy atom. The van der Waals surface area contributed by atoms with E-state index in [4.69, 9.17) is 10.2 Å². The maximum absolute atomic E-state index is 13.7. The van der Waals surface area contributed by atoms with Crippen molar-refractivity contribution < 1.29 is 13.2 Å². The van der Waals surface area contributed by atoms with Gasteiger partial charge in [0, 0.05) is 5.39 Å². The molecule has 2 aromatic carbocycles. The van der Waals surface area contributed by atoms with Gasteiger partial charge < -0.3 is 10.2 Å². The Hall–Kier alpha value is -2.20. The van der Waals surface area contributed by atoms with Crippen molar-refractivity contribution in [3.63, 3.8) is 0 Å². The second kappa shape index (κ2) is 5.30. The molecule has 4 heteroatoms. The fourth-order valence-corrected chi connectivity index (χ4v) is 2.41. The van der Waals surface area contributed by atoms with Crippen LogP contribution in [0.2, 0.25) is 0 Å². The molecule has 0 fully saturated rings. The van der Waals surface area contributed by atoms with E-state index in [1.54, 1.807) is 0 Å². The summed E-state index contributed by atoms with van der Waals surface area (Å²) in [4.78, 5) is 0. The lowest BCUT2D eigenvalue weighted by Gasteiger charge is -2.09. The van der Waals surface area contributed by atoms with Crippen LogP contribution in [0.3, 0.4) is 0 Å². The Morgan fingerprint density at radius 2 is 1.95 bits per heavy atom. The summed E-state index contributed by atoms with van der Waals surface area (Å²) in [6.45, 7) is 1.99. The maximum Gasteiger partial charge on any atom is 0.162 e. The molecular formula is C17H15F2NO. The third-order valence-corrected chi connectivity index (χ3v) is 3.53. The number of benzene rings is 2. The molecule has 0 aliphatic heterocycles. The average Bonchev–Trinajstić information content (AvgIpc) is 2.87. The Kier molecular flexibility index (Phi) is 3.47. The van der Waals surface area contributed by atoms with Gasteiger partial charge in [0.15, 0.2) is 11.6 Å². The van der Waals surface area contributed by atoms with Crippen LogP contribution < -0.4 is 5.73 Å². The van der Waals surface area contributed by atoms with Crippen molar-refractivity contribution in [3.05, 3.63) is 71.0 Å². The van der Waals surface area contributed by atoms with Crippen LogP contribution in [0.5, 0.6) is 0 Å². The van der Waals surface area contributed by atoms with Crippen molar-refractivity contribution >= 4 is 11.0 Å². The standard InChI is InChI=1S/C17H15F2NO/c1-10-5-6-15-12(7-10)9-16(21-15)14(20)8-11-3-2-4-13(18)17(11)19/h2-7,9,14H,8,20H2,1H3. The molecule has 21 heavy (non-hydrogen) atoms. The van der Waals surface area contributed by atoms with E-state index in [2.05, 4.69) is 0 Å². The van der Waals surface area contributed by atoms with Crippen LogP contribution in [-0.2, 0) is 6.42 Å². The molecule has 0 aliphatic carbocycles. The van der Waals surface area contributed by atoms with Crippen molar-refractivity contribution in [2.75, 3.05) is 0 Å². The first-order valence-electron chi connectivity index (χ1n) is 6.73. The molecule has 1 heterocycles. The minimum atomic E-state index is -0.861. The molecule has 0 saturated heterocycles. The molecule has 2 nitrogen and oxygen atoms in total. The maximum atomic E-state index is 13.7. The Bertz CT molecular complexity index is 795. The van der Waals surface area contributed by atoms with Crippen molar-refractivity contribution in [2.45, 2.75) is 19.4 Å². The normalized spacial score (nSPS) is 12.8. The molecular weight excluding hydrogens is 272 g/mol. The number of fused-ring (bicyclic) bond motifs is 1. The second-order valence-corrected chi connectivity index (χ2v) is 5.21. The van der Waals surface area contributed by atoms with Gasteiger partial charge in [0.05, 0.1) is 6.04 Å². The van der Waals surface area contributed by atoms with Crippen LogP contribution in [0.15, 0.2) is 46.9 Å². The highest BCUT2D eigenvalue weighted by Gasteiger charge is 2.16. The van der Waals surface area contributed by atoms with E-state index < -0.39 is 17.7 Å². The van der Waals surface area contributed by atoms with Gasteiger partial charge in [-0.25, -0.2) is 8.78 Å². The topological polar surface area (TPSA) is 39.2 Å². The highest BCUT2D eigenvalue weighted by molar-refractivity contribution is 5.78. The van der Waals surface area contributed by atoms with E-state index in [1.807, 2.05) is 31.2 Å². The number of aryl methyl sites for hydroxylation is 1. The first-order chi connectivity index (χ1) is 10.0. The summed E-state index contributed by atoms with van der Waals surface area (Å²) >= 11 is 0. The Morgan fingerprint density at radius 1 is 1.14 bits per heavy atom. The SMILES string of the molecule is Cc1ccc2oc(C(N)Cc3cccc(F)c3F)cc2c1. The zero-order chi connectivity index (χ0) is 15.0. The quantitative estimate of drug-likeness (QED) is 0.781. The van der Waals surface area contributed by atoms with Crippen molar-refractivity contribution in [1.82, 2.24) is 0 Å². The number of halogens is 2. The van der Waals surface area contributed by atoms with E-state index >= 15 is 0 Å². The molecule has 1 atom stereocenters. The molecule has 0 amide bonds. The third-order valence-electron chi connectivity index (χ3n) is 3.53. The fourth-order valence-electron chi connectivity index (χ4n) is 2.41. The minimum Gasteiger partial charge on any atom is -0.459 e. The van der Waals surface area contributed by atoms with Crippen LogP contribution >= 0.6 is 0 Å². The Labute approximate surface area is 121 Å². The molecule has 0 spiro atoms. The molecule has 0 aliphatic rings.